The fraction of sp³-hybridized carbons (Fsp3) is 0.263. The van der Waals surface area contributed by atoms with Gasteiger partial charge in [-0.2, -0.15) is 0 Å². The van der Waals surface area contributed by atoms with Gasteiger partial charge in [0.2, 0.25) is 0 Å². The first-order chi connectivity index (χ1) is 10.4. The molecule has 0 spiro atoms. The zero-order chi connectivity index (χ0) is 16.4. The number of benzene rings is 1. The molecule has 1 rings (SSSR count). The van der Waals surface area contributed by atoms with Crippen molar-refractivity contribution in [3.05, 3.63) is 59.9 Å². The topological polar surface area (TPSA) is 26.3 Å². The van der Waals surface area contributed by atoms with E-state index in [9.17, 15) is 4.79 Å². The smallest absolute Gasteiger partial charge is 0.343 e. The molecule has 22 heavy (non-hydrogen) atoms. The molecule has 0 aliphatic carbocycles. The summed E-state index contributed by atoms with van der Waals surface area (Å²) in [5.74, 6) is 2.53. The maximum atomic E-state index is 12.0. The first-order valence-corrected chi connectivity index (χ1v) is 10.7. The second-order valence-corrected chi connectivity index (χ2v) is 10.5. The van der Waals surface area contributed by atoms with Crippen LogP contribution in [0.1, 0.15) is 12.0 Å². The van der Waals surface area contributed by atoms with E-state index in [-0.39, 0.29) is 6.61 Å². The summed E-state index contributed by atoms with van der Waals surface area (Å²) in [6.07, 6.45) is 3.85. The molecule has 0 atom stereocenters. The van der Waals surface area contributed by atoms with E-state index in [1.807, 2.05) is 30.3 Å². The minimum Gasteiger partial charge on any atom is -0.449 e. The Kier molecular flexibility index (Phi) is 7.18. The molecule has 0 bridgehead atoms. The molecule has 0 heterocycles. The number of carbonyl (C=O) groups excluding carboxylic acids is 1. The van der Waals surface area contributed by atoms with E-state index in [1.165, 1.54) is 0 Å². The molecule has 3 heteroatoms. The molecule has 0 aliphatic rings. The Labute approximate surface area is 134 Å². The van der Waals surface area contributed by atoms with Crippen molar-refractivity contribution in [2.75, 3.05) is 6.61 Å². The lowest BCUT2D eigenvalue weighted by molar-refractivity contribution is -0.137. The molecular formula is C19H22O2Si. The number of rotatable bonds is 5. The quantitative estimate of drug-likeness (QED) is 0.203. The van der Waals surface area contributed by atoms with Crippen molar-refractivity contribution >= 4 is 20.1 Å². The summed E-state index contributed by atoms with van der Waals surface area (Å²) in [4.78, 5) is 12.0. The van der Waals surface area contributed by atoms with Gasteiger partial charge in [0.1, 0.15) is 8.07 Å². The number of allylic oxidation sites excluding steroid dienone is 1. The summed E-state index contributed by atoms with van der Waals surface area (Å²) >= 11 is 0. The van der Waals surface area contributed by atoms with Gasteiger partial charge in [0, 0.05) is 6.42 Å². The Bertz CT molecular complexity index is 633. The van der Waals surface area contributed by atoms with Gasteiger partial charge in [0.25, 0.3) is 0 Å². The van der Waals surface area contributed by atoms with Crippen LogP contribution in [0, 0.1) is 11.5 Å². The van der Waals surface area contributed by atoms with Gasteiger partial charge in [-0.1, -0.05) is 62.0 Å². The van der Waals surface area contributed by atoms with Gasteiger partial charge < -0.3 is 4.74 Å². The van der Waals surface area contributed by atoms with E-state index in [1.54, 1.807) is 12.2 Å². The van der Waals surface area contributed by atoms with Gasteiger partial charge in [-0.3, -0.25) is 0 Å². The molecule has 0 radical (unpaired) electrons. The monoisotopic (exact) mass is 310 g/mol. The van der Waals surface area contributed by atoms with E-state index >= 15 is 0 Å². The highest BCUT2D eigenvalue weighted by atomic mass is 28.3. The van der Waals surface area contributed by atoms with E-state index < -0.39 is 14.0 Å². The molecule has 0 N–H and O–H groups in total. The Balaban J connectivity index is 2.77. The van der Waals surface area contributed by atoms with Crippen LogP contribution in [-0.4, -0.2) is 20.7 Å². The molecule has 0 amide bonds. The van der Waals surface area contributed by atoms with Crippen molar-refractivity contribution in [1.29, 1.82) is 0 Å². The SMILES string of the molecule is C=CCC(=C=Cc1ccccc1)C(=O)OCC#C[Si](C)(C)C. The summed E-state index contributed by atoms with van der Waals surface area (Å²) < 4.78 is 5.18. The maximum absolute atomic E-state index is 12.0. The maximum Gasteiger partial charge on any atom is 0.343 e. The van der Waals surface area contributed by atoms with Crippen LogP contribution < -0.4 is 0 Å². The molecule has 0 aromatic heterocycles. The van der Waals surface area contributed by atoms with E-state index in [4.69, 9.17) is 4.74 Å². The Morgan fingerprint density at radius 1 is 1.27 bits per heavy atom. The molecule has 0 unspecified atom stereocenters. The van der Waals surface area contributed by atoms with Crippen LogP contribution in [0.5, 0.6) is 0 Å². The van der Waals surface area contributed by atoms with Crippen LogP contribution in [0.25, 0.3) is 6.08 Å². The zero-order valence-corrected chi connectivity index (χ0v) is 14.5. The van der Waals surface area contributed by atoms with Crippen molar-refractivity contribution in [3.8, 4) is 11.5 Å². The van der Waals surface area contributed by atoms with Gasteiger partial charge in [0.15, 0.2) is 6.61 Å². The van der Waals surface area contributed by atoms with Crippen molar-refractivity contribution in [2.24, 2.45) is 0 Å². The number of ether oxygens (including phenoxy) is 1. The highest BCUT2D eigenvalue weighted by Gasteiger charge is 2.09. The van der Waals surface area contributed by atoms with Gasteiger partial charge >= 0.3 is 5.97 Å². The van der Waals surface area contributed by atoms with Crippen LogP contribution in [-0.2, 0) is 9.53 Å². The molecule has 114 valence electrons. The summed E-state index contributed by atoms with van der Waals surface area (Å²) in [5.41, 5.74) is 7.59. The third-order valence-corrected chi connectivity index (χ3v) is 3.47. The average Bonchev–Trinajstić information content (AvgIpc) is 2.48. The standard InChI is InChI=1S/C19H22O2Si/c1-5-10-18(14-13-17-11-7-6-8-12-17)19(20)21-15-9-16-22(2,3)4/h5-8,11-13H,1,10,15H2,2-4H3. The predicted molar refractivity (Wildman–Crippen MR) is 94.8 cm³/mol. The second-order valence-electron chi connectivity index (χ2n) is 5.80. The number of hydrogen-bond acceptors (Lipinski definition) is 2. The molecule has 0 saturated heterocycles. The molecule has 0 aliphatic heterocycles. The predicted octanol–water partition coefficient (Wildman–Crippen LogP) is 4.23. The highest BCUT2D eigenvalue weighted by Crippen LogP contribution is 2.06. The second kappa shape index (κ2) is 8.89. The summed E-state index contributed by atoms with van der Waals surface area (Å²) in [7, 11) is -1.43. The van der Waals surface area contributed by atoms with E-state index in [0.29, 0.717) is 12.0 Å². The highest BCUT2D eigenvalue weighted by molar-refractivity contribution is 6.83. The van der Waals surface area contributed by atoms with Crippen LogP contribution in [0.4, 0.5) is 0 Å². The average molecular weight is 310 g/mol. The minimum absolute atomic E-state index is 0.122. The Morgan fingerprint density at radius 2 is 1.95 bits per heavy atom. The summed E-state index contributed by atoms with van der Waals surface area (Å²) in [6, 6.07) is 9.71. The zero-order valence-electron chi connectivity index (χ0n) is 13.5. The van der Waals surface area contributed by atoms with Crippen molar-refractivity contribution in [2.45, 2.75) is 26.1 Å². The number of hydrogen-bond donors (Lipinski definition) is 0. The van der Waals surface area contributed by atoms with Crippen LogP contribution in [0.2, 0.25) is 19.6 Å². The van der Waals surface area contributed by atoms with Crippen LogP contribution in [0.15, 0.2) is 54.3 Å². The van der Waals surface area contributed by atoms with E-state index in [2.05, 4.69) is 43.4 Å². The first kappa shape index (κ1) is 17.8. The van der Waals surface area contributed by atoms with Crippen LogP contribution in [0.3, 0.4) is 0 Å². The molecule has 1 aromatic rings. The lowest BCUT2D eigenvalue weighted by Crippen LogP contribution is -2.17. The van der Waals surface area contributed by atoms with Gasteiger partial charge in [-0.15, -0.1) is 17.9 Å². The van der Waals surface area contributed by atoms with Crippen molar-refractivity contribution < 1.29 is 9.53 Å². The Morgan fingerprint density at radius 3 is 2.55 bits per heavy atom. The van der Waals surface area contributed by atoms with Gasteiger partial charge in [-0.05, 0) is 11.6 Å². The van der Waals surface area contributed by atoms with Crippen LogP contribution >= 0.6 is 0 Å². The minimum atomic E-state index is -1.43. The summed E-state index contributed by atoms with van der Waals surface area (Å²) in [6.45, 7) is 10.2. The molecule has 1 aromatic carbocycles. The van der Waals surface area contributed by atoms with Crippen molar-refractivity contribution in [1.82, 2.24) is 0 Å². The molecule has 0 fully saturated rings. The lowest BCUT2D eigenvalue weighted by Gasteiger charge is -2.04. The fourth-order valence-corrected chi connectivity index (χ4v) is 2.16. The largest absolute Gasteiger partial charge is 0.449 e. The third kappa shape index (κ3) is 7.49. The number of carbonyl (C=O) groups is 1. The lowest BCUT2D eigenvalue weighted by atomic mass is 10.1. The normalized spacial score (nSPS) is 9.77. The molecule has 0 saturated carbocycles. The van der Waals surface area contributed by atoms with Crippen molar-refractivity contribution in [3.63, 3.8) is 0 Å². The number of esters is 1. The molecular weight excluding hydrogens is 288 g/mol. The fourth-order valence-electron chi connectivity index (χ4n) is 1.56. The Hall–Kier alpha value is -2.27. The van der Waals surface area contributed by atoms with E-state index in [0.717, 1.165) is 5.56 Å². The molecule has 2 nitrogen and oxygen atoms in total. The third-order valence-electron chi connectivity index (χ3n) is 2.55. The summed E-state index contributed by atoms with van der Waals surface area (Å²) in [5, 5.41) is 0. The first-order valence-electron chi connectivity index (χ1n) is 7.21. The van der Waals surface area contributed by atoms with Gasteiger partial charge in [0.05, 0.1) is 5.57 Å². The van der Waals surface area contributed by atoms with Gasteiger partial charge in [-0.25, -0.2) is 4.79 Å².